The van der Waals surface area contributed by atoms with Gasteiger partial charge in [0.05, 0.1) is 4.92 Å². The van der Waals surface area contributed by atoms with E-state index in [0.29, 0.717) is 0 Å². The summed E-state index contributed by atoms with van der Waals surface area (Å²) in [6.45, 7) is 4.18. The quantitative estimate of drug-likeness (QED) is 0.510. The van der Waals surface area contributed by atoms with Crippen LogP contribution in [-0.2, 0) is 11.5 Å². The standard InChI is InChI=1S/C16H18N2O2S/c1-11-5-12(2)7-14(6-11)10-21-9-13-3-4-15(17)16(8-13)18(19)20/h3-8H,9-10,17H2,1-2H3. The average molecular weight is 302 g/mol. The van der Waals surface area contributed by atoms with E-state index in [2.05, 4.69) is 32.0 Å². The molecular weight excluding hydrogens is 284 g/mol. The molecule has 0 aliphatic heterocycles. The number of nitrogens with two attached hydrogens (primary N) is 1. The molecule has 0 fully saturated rings. The molecule has 2 rings (SSSR count). The first-order valence-electron chi connectivity index (χ1n) is 6.63. The zero-order valence-electron chi connectivity index (χ0n) is 12.1. The Morgan fingerprint density at radius 3 is 2.29 bits per heavy atom. The fraction of sp³-hybridized carbons (Fsp3) is 0.250. The number of benzene rings is 2. The van der Waals surface area contributed by atoms with Crippen LogP contribution in [0.15, 0.2) is 36.4 Å². The predicted octanol–water partition coefficient (Wildman–Crippen LogP) is 4.23. The summed E-state index contributed by atoms with van der Waals surface area (Å²) >= 11 is 1.74. The number of hydrogen-bond donors (Lipinski definition) is 1. The van der Waals surface area contributed by atoms with Gasteiger partial charge >= 0.3 is 0 Å². The number of anilines is 1. The molecule has 110 valence electrons. The lowest BCUT2D eigenvalue weighted by atomic mass is 10.1. The summed E-state index contributed by atoms with van der Waals surface area (Å²) in [5, 5.41) is 10.9. The van der Waals surface area contributed by atoms with Gasteiger partial charge in [-0.3, -0.25) is 10.1 Å². The second kappa shape index (κ2) is 6.63. The second-order valence-corrected chi connectivity index (χ2v) is 6.12. The van der Waals surface area contributed by atoms with Crippen molar-refractivity contribution < 1.29 is 4.92 Å². The Hall–Kier alpha value is -2.01. The van der Waals surface area contributed by atoms with Gasteiger partial charge in [0.2, 0.25) is 0 Å². The van der Waals surface area contributed by atoms with Gasteiger partial charge in [-0.15, -0.1) is 0 Å². The van der Waals surface area contributed by atoms with Crippen molar-refractivity contribution in [1.82, 2.24) is 0 Å². The van der Waals surface area contributed by atoms with E-state index in [1.807, 2.05) is 6.07 Å². The second-order valence-electron chi connectivity index (χ2n) is 5.14. The highest BCUT2D eigenvalue weighted by atomic mass is 32.2. The minimum Gasteiger partial charge on any atom is -0.393 e. The molecule has 5 heteroatoms. The van der Waals surface area contributed by atoms with E-state index in [1.54, 1.807) is 23.9 Å². The molecule has 0 aliphatic rings. The van der Waals surface area contributed by atoms with Gasteiger partial charge in [0, 0.05) is 17.6 Å². The molecule has 0 amide bonds. The number of aryl methyl sites for hydroxylation is 2. The van der Waals surface area contributed by atoms with Crippen molar-refractivity contribution in [2.45, 2.75) is 25.4 Å². The van der Waals surface area contributed by atoms with E-state index >= 15 is 0 Å². The van der Waals surface area contributed by atoms with Crippen molar-refractivity contribution in [2.75, 3.05) is 5.73 Å². The summed E-state index contributed by atoms with van der Waals surface area (Å²) in [5.41, 5.74) is 10.5. The van der Waals surface area contributed by atoms with E-state index in [-0.39, 0.29) is 11.4 Å². The van der Waals surface area contributed by atoms with Gasteiger partial charge in [0.25, 0.3) is 5.69 Å². The highest BCUT2D eigenvalue weighted by molar-refractivity contribution is 7.97. The fourth-order valence-corrected chi connectivity index (χ4v) is 3.20. The van der Waals surface area contributed by atoms with Gasteiger partial charge < -0.3 is 5.73 Å². The molecule has 0 bridgehead atoms. The van der Waals surface area contributed by atoms with Gasteiger partial charge in [-0.2, -0.15) is 11.8 Å². The van der Waals surface area contributed by atoms with Crippen molar-refractivity contribution in [2.24, 2.45) is 0 Å². The van der Waals surface area contributed by atoms with Crippen LogP contribution in [0.4, 0.5) is 11.4 Å². The average Bonchev–Trinajstić information content (AvgIpc) is 2.39. The number of nitro benzene ring substituents is 1. The predicted molar refractivity (Wildman–Crippen MR) is 88.4 cm³/mol. The fourth-order valence-electron chi connectivity index (χ4n) is 2.28. The Balaban J connectivity index is 2.00. The summed E-state index contributed by atoms with van der Waals surface area (Å²) < 4.78 is 0. The summed E-state index contributed by atoms with van der Waals surface area (Å²) in [6, 6.07) is 11.5. The molecule has 21 heavy (non-hydrogen) atoms. The van der Waals surface area contributed by atoms with Crippen molar-refractivity contribution in [3.8, 4) is 0 Å². The van der Waals surface area contributed by atoms with Crippen LogP contribution in [0, 0.1) is 24.0 Å². The maximum absolute atomic E-state index is 10.9. The molecule has 0 aliphatic carbocycles. The highest BCUT2D eigenvalue weighted by Gasteiger charge is 2.11. The molecule has 0 heterocycles. The Morgan fingerprint density at radius 1 is 1.05 bits per heavy atom. The Morgan fingerprint density at radius 2 is 1.67 bits per heavy atom. The van der Waals surface area contributed by atoms with E-state index in [4.69, 9.17) is 5.73 Å². The lowest BCUT2D eigenvalue weighted by Crippen LogP contribution is -1.96. The highest BCUT2D eigenvalue weighted by Crippen LogP contribution is 2.26. The number of nitro groups is 1. The van der Waals surface area contributed by atoms with Crippen LogP contribution >= 0.6 is 11.8 Å². The summed E-state index contributed by atoms with van der Waals surface area (Å²) in [6.07, 6.45) is 0. The zero-order valence-corrected chi connectivity index (χ0v) is 12.9. The molecule has 0 saturated carbocycles. The summed E-state index contributed by atoms with van der Waals surface area (Å²) in [7, 11) is 0. The first-order valence-corrected chi connectivity index (χ1v) is 7.79. The Kier molecular flexibility index (Phi) is 4.85. The normalized spacial score (nSPS) is 10.6. The van der Waals surface area contributed by atoms with Gasteiger partial charge in [-0.05, 0) is 31.0 Å². The first-order chi connectivity index (χ1) is 9.95. The van der Waals surface area contributed by atoms with Crippen LogP contribution in [-0.4, -0.2) is 4.92 Å². The number of thioether (sulfide) groups is 1. The van der Waals surface area contributed by atoms with Gasteiger partial charge in [-0.1, -0.05) is 35.4 Å². The third-order valence-electron chi connectivity index (χ3n) is 3.11. The van der Waals surface area contributed by atoms with Crippen molar-refractivity contribution in [3.63, 3.8) is 0 Å². The maximum atomic E-state index is 10.9. The molecule has 0 saturated heterocycles. The van der Waals surface area contributed by atoms with Crippen LogP contribution in [0.3, 0.4) is 0 Å². The van der Waals surface area contributed by atoms with Crippen LogP contribution in [0.5, 0.6) is 0 Å². The lowest BCUT2D eigenvalue weighted by molar-refractivity contribution is -0.383. The molecule has 0 spiro atoms. The molecule has 0 aromatic heterocycles. The van der Waals surface area contributed by atoms with E-state index in [0.717, 1.165) is 17.1 Å². The van der Waals surface area contributed by atoms with Crippen LogP contribution in [0.1, 0.15) is 22.3 Å². The van der Waals surface area contributed by atoms with Gasteiger partial charge in [0.15, 0.2) is 0 Å². The first kappa shape index (κ1) is 15.4. The SMILES string of the molecule is Cc1cc(C)cc(CSCc2ccc(N)c([N+](=O)[O-])c2)c1. The topological polar surface area (TPSA) is 69.2 Å². The third kappa shape index (κ3) is 4.23. The summed E-state index contributed by atoms with van der Waals surface area (Å²) in [4.78, 5) is 10.4. The number of nitrogen functional groups attached to an aromatic ring is 1. The van der Waals surface area contributed by atoms with Gasteiger partial charge in [0.1, 0.15) is 5.69 Å². The number of nitrogens with zero attached hydrogens (tertiary/aromatic N) is 1. The van der Waals surface area contributed by atoms with Crippen molar-refractivity contribution >= 4 is 23.1 Å². The van der Waals surface area contributed by atoms with Crippen molar-refractivity contribution in [1.29, 1.82) is 0 Å². The van der Waals surface area contributed by atoms with E-state index in [1.165, 1.54) is 16.7 Å². The largest absolute Gasteiger partial charge is 0.393 e. The third-order valence-corrected chi connectivity index (χ3v) is 4.19. The zero-order chi connectivity index (χ0) is 15.4. The monoisotopic (exact) mass is 302 g/mol. The number of hydrogen-bond acceptors (Lipinski definition) is 4. The Bertz CT molecular complexity index is 651. The lowest BCUT2D eigenvalue weighted by Gasteiger charge is -2.06. The Labute approximate surface area is 128 Å². The van der Waals surface area contributed by atoms with Crippen LogP contribution in [0.2, 0.25) is 0 Å². The molecule has 4 nitrogen and oxygen atoms in total. The minimum atomic E-state index is -0.437. The minimum absolute atomic E-state index is 0.0144. The molecule has 0 radical (unpaired) electrons. The van der Waals surface area contributed by atoms with Crippen LogP contribution in [0.25, 0.3) is 0 Å². The molecule has 2 aromatic carbocycles. The van der Waals surface area contributed by atoms with Crippen LogP contribution < -0.4 is 5.73 Å². The maximum Gasteiger partial charge on any atom is 0.292 e. The molecule has 2 N–H and O–H groups in total. The van der Waals surface area contributed by atoms with Crippen molar-refractivity contribution in [3.05, 3.63) is 68.8 Å². The molecular formula is C16H18N2O2S. The van der Waals surface area contributed by atoms with E-state index in [9.17, 15) is 10.1 Å². The van der Waals surface area contributed by atoms with E-state index < -0.39 is 4.92 Å². The molecule has 0 unspecified atom stereocenters. The summed E-state index contributed by atoms with van der Waals surface area (Å²) in [5.74, 6) is 1.62. The smallest absolute Gasteiger partial charge is 0.292 e. The molecule has 2 aromatic rings. The van der Waals surface area contributed by atoms with Gasteiger partial charge in [-0.25, -0.2) is 0 Å². The molecule has 0 atom stereocenters. The number of rotatable bonds is 5.